The van der Waals surface area contributed by atoms with Gasteiger partial charge in [0.15, 0.2) is 0 Å². The first kappa shape index (κ1) is 18.9. The number of benzene rings is 2. The summed E-state index contributed by atoms with van der Waals surface area (Å²) in [6, 6.07) is 12.5. The van der Waals surface area contributed by atoms with Gasteiger partial charge in [-0.1, -0.05) is 29.8 Å². The second-order valence-corrected chi connectivity index (χ2v) is 6.96. The summed E-state index contributed by atoms with van der Waals surface area (Å²) in [4.78, 5) is 35.7. The van der Waals surface area contributed by atoms with Crippen molar-refractivity contribution in [1.82, 2.24) is 5.32 Å². The van der Waals surface area contributed by atoms with Crippen molar-refractivity contribution in [1.29, 1.82) is 0 Å². The lowest BCUT2D eigenvalue weighted by atomic mass is 10.0. The topological polar surface area (TPSA) is 95.5 Å². The first-order valence-corrected chi connectivity index (χ1v) is 8.99. The molecule has 3 N–H and O–H groups in total. The highest BCUT2D eigenvalue weighted by Crippen LogP contribution is 2.30. The molecule has 1 atom stereocenters. The van der Waals surface area contributed by atoms with Crippen LogP contribution in [0, 0.1) is 5.92 Å². The molecular weight excluding hydrogens is 368 g/mol. The van der Waals surface area contributed by atoms with Crippen LogP contribution in [0.3, 0.4) is 0 Å². The zero-order chi connectivity index (χ0) is 19.4. The number of rotatable bonds is 7. The van der Waals surface area contributed by atoms with Crippen molar-refractivity contribution in [2.45, 2.75) is 25.3 Å². The molecule has 1 fully saturated rings. The van der Waals surface area contributed by atoms with Crippen molar-refractivity contribution in [2.75, 3.05) is 5.32 Å². The van der Waals surface area contributed by atoms with Crippen LogP contribution in [0.15, 0.2) is 48.5 Å². The van der Waals surface area contributed by atoms with Crippen LogP contribution in [-0.4, -0.2) is 22.9 Å². The molecule has 7 heteroatoms. The predicted octanol–water partition coefficient (Wildman–Crippen LogP) is 3.63. The molecule has 1 aliphatic rings. The zero-order valence-corrected chi connectivity index (χ0v) is 15.2. The molecule has 0 aromatic heterocycles. The highest BCUT2D eigenvalue weighted by molar-refractivity contribution is 6.30. The van der Waals surface area contributed by atoms with Gasteiger partial charge in [0, 0.05) is 22.2 Å². The van der Waals surface area contributed by atoms with Crippen molar-refractivity contribution in [2.24, 2.45) is 5.92 Å². The lowest BCUT2D eigenvalue weighted by Gasteiger charge is -2.18. The Balaban J connectivity index is 1.73. The fraction of sp³-hybridized carbons (Fsp3) is 0.250. The van der Waals surface area contributed by atoms with Gasteiger partial charge in [0.05, 0.1) is 12.5 Å². The van der Waals surface area contributed by atoms with Crippen molar-refractivity contribution >= 4 is 35.1 Å². The van der Waals surface area contributed by atoms with E-state index in [2.05, 4.69) is 10.6 Å². The van der Waals surface area contributed by atoms with Gasteiger partial charge >= 0.3 is 5.97 Å². The standard InChI is InChI=1S/C20H19ClN2O4/c21-15-8-6-12(7-9-15)17(11-18(24)25)23-20(27)14-2-1-3-16(10-14)22-19(26)13-4-5-13/h1-3,6-10,13,17H,4-5,11H2,(H,22,26)(H,23,27)(H,24,25)/t17-/m0/s1. The fourth-order valence-corrected chi connectivity index (χ4v) is 2.82. The number of anilines is 1. The minimum atomic E-state index is -1.03. The van der Waals surface area contributed by atoms with Gasteiger partial charge in [-0.25, -0.2) is 0 Å². The van der Waals surface area contributed by atoms with Gasteiger partial charge < -0.3 is 15.7 Å². The molecule has 1 saturated carbocycles. The number of halogens is 1. The number of hydrogen-bond acceptors (Lipinski definition) is 3. The van der Waals surface area contributed by atoms with E-state index >= 15 is 0 Å². The van der Waals surface area contributed by atoms with Gasteiger partial charge in [0.2, 0.25) is 5.91 Å². The molecule has 0 heterocycles. The maximum Gasteiger partial charge on any atom is 0.305 e. The Bertz CT molecular complexity index is 863. The number of carbonyl (C=O) groups is 3. The van der Waals surface area contributed by atoms with E-state index in [1.165, 1.54) is 0 Å². The number of carboxylic acids is 1. The number of hydrogen-bond donors (Lipinski definition) is 3. The smallest absolute Gasteiger partial charge is 0.305 e. The minimum absolute atomic E-state index is 0.0440. The molecule has 0 aliphatic heterocycles. The van der Waals surface area contributed by atoms with E-state index in [9.17, 15) is 14.4 Å². The van der Waals surface area contributed by atoms with Crippen LogP contribution in [0.4, 0.5) is 5.69 Å². The van der Waals surface area contributed by atoms with E-state index in [0.717, 1.165) is 12.8 Å². The summed E-state index contributed by atoms with van der Waals surface area (Å²) in [5.41, 5.74) is 1.53. The Morgan fingerprint density at radius 3 is 2.44 bits per heavy atom. The van der Waals surface area contributed by atoms with Crippen molar-refractivity contribution in [3.63, 3.8) is 0 Å². The average molecular weight is 387 g/mol. The molecule has 3 rings (SSSR count). The Morgan fingerprint density at radius 1 is 1.11 bits per heavy atom. The maximum atomic E-state index is 12.6. The van der Waals surface area contributed by atoms with Gasteiger partial charge in [-0.15, -0.1) is 0 Å². The quantitative estimate of drug-likeness (QED) is 0.677. The molecule has 27 heavy (non-hydrogen) atoms. The van der Waals surface area contributed by atoms with Crippen LogP contribution in [0.25, 0.3) is 0 Å². The van der Waals surface area contributed by atoms with E-state index in [1.54, 1.807) is 48.5 Å². The largest absolute Gasteiger partial charge is 0.481 e. The summed E-state index contributed by atoms with van der Waals surface area (Å²) >= 11 is 5.87. The van der Waals surface area contributed by atoms with E-state index in [1.807, 2.05) is 0 Å². The second-order valence-electron chi connectivity index (χ2n) is 6.52. The average Bonchev–Trinajstić information content (AvgIpc) is 3.47. The minimum Gasteiger partial charge on any atom is -0.481 e. The molecule has 0 unspecified atom stereocenters. The monoisotopic (exact) mass is 386 g/mol. The van der Waals surface area contributed by atoms with Crippen LogP contribution in [-0.2, 0) is 9.59 Å². The van der Waals surface area contributed by atoms with Gasteiger partial charge in [-0.2, -0.15) is 0 Å². The first-order valence-electron chi connectivity index (χ1n) is 8.61. The molecule has 0 radical (unpaired) electrons. The van der Waals surface area contributed by atoms with Crippen LogP contribution < -0.4 is 10.6 Å². The summed E-state index contributed by atoms with van der Waals surface area (Å²) in [5, 5.41) is 15.2. The highest BCUT2D eigenvalue weighted by Gasteiger charge is 2.29. The van der Waals surface area contributed by atoms with E-state index in [4.69, 9.17) is 16.7 Å². The summed E-state index contributed by atoms with van der Waals surface area (Å²) in [6.07, 6.45) is 1.53. The summed E-state index contributed by atoms with van der Waals surface area (Å²) < 4.78 is 0. The molecule has 0 spiro atoms. The van der Waals surface area contributed by atoms with E-state index in [0.29, 0.717) is 21.8 Å². The fourth-order valence-electron chi connectivity index (χ4n) is 2.69. The molecule has 6 nitrogen and oxygen atoms in total. The third-order valence-electron chi connectivity index (χ3n) is 4.30. The highest BCUT2D eigenvalue weighted by atomic mass is 35.5. The molecule has 2 aromatic carbocycles. The van der Waals surface area contributed by atoms with Gasteiger partial charge in [0.1, 0.15) is 0 Å². The third kappa shape index (κ3) is 5.31. The number of carboxylic acid groups (broad SMARTS) is 1. The number of amides is 2. The van der Waals surface area contributed by atoms with Crippen molar-refractivity contribution in [3.8, 4) is 0 Å². The SMILES string of the molecule is O=C(O)C[C@H](NC(=O)c1cccc(NC(=O)C2CC2)c1)c1ccc(Cl)cc1. The Hall–Kier alpha value is -2.86. The predicted molar refractivity (Wildman–Crippen MR) is 102 cm³/mol. The number of carbonyl (C=O) groups excluding carboxylic acids is 2. The first-order chi connectivity index (χ1) is 12.9. The normalized spacial score (nSPS) is 14.3. The molecular formula is C20H19ClN2O4. The second kappa shape index (κ2) is 8.22. The summed E-state index contributed by atoms with van der Waals surface area (Å²) in [7, 11) is 0. The third-order valence-corrected chi connectivity index (χ3v) is 4.55. The lowest BCUT2D eigenvalue weighted by molar-refractivity contribution is -0.137. The Morgan fingerprint density at radius 2 is 1.81 bits per heavy atom. The molecule has 1 aliphatic carbocycles. The zero-order valence-electron chi connectivity index (χ0n) is 14.4. The summed E-state index contributed by atoms with van der Waals surface area (Å²) in [6.45, 7) is 0. The van der Waals surface area contributed by atoms with Gasteiger partial charge in [0.25, 0.3) is 5.91 Å². The van der Waals surface area contributed by atoms with E-state index in [-0.39, 0.29) is 18.2 Å². The van der Waals surface area contributed by atoms with Crippen LogP contribution >= 0.6 is 11.6 Å². The number of nitrogens with one attached hydrogen (secondary N) is 2. The Labute approximate surface area is 161 Å². The molecule has 2 aromatic rings. The van der Waals surface area contributed by atoms with Gasteiger partial charge in [-0.05, 0) is 48.7 Å². The molecule has 2 amide bonds. The van der Waals surface area contributed by atoms with Crippen LogP contribution in [0.5, 0.6) is 0 Å². The van der Waals surface area contributed by atoms with Crippen molar-refractivity contribution in [3.05, 3.63) is 64.7 Å². The maximum absolute atomic E-state index is 12.6. The van der Waals surface area contributed by atoms with Gasteiger partial charge in [-0.3, -0.25) is 14.4 Å². The van der Waals surface area contributed by atoms with E-state index < -0.39 is 17.9 Å². The van der Waals surface area contributed by atoms with Crippen molar-refractivity contribution < 1.29 is 19.5 Å². The molecule has 140 valence electrons. The van der Waals surface area contributed by atoms with Crippen LogP contribution in [0.2, 0.25) is 5.02 Å². The number of aliphatic carboxylic acids is 1. The Kier molecular flexibility index (Phi) is 5.76. The lowest BCUT2D eigenvalue weighted by Crippen LogP contribution is -2.30. The summed E-state index contributed by atoms with van der Waals surface area (Å²) in [5.74, 6) is -1.43. The molecule has 0 saturated heterocycles. The molecule has 0 bridgehead atoms. The van der Waals surface area contributed by atoms with Crippen LogP contribution in [0.1, 0.15) is 41.2 Å².